The summed E-state index contributed by atoms with van der Waals surface area (Å²) >= 11 is 0. The van der Waals surface area contributed by atoms with Crippen molar-refractivity contribution in [2.75, 3.05) is 18.0 Å². The zero-order valence-corrected chi connectivity index (χ0v) is 26.8. The van der Waals surface area contributed by atoms with Crippen LogP contribution in [0.5, 0.6) is 0 Å². The van der Waals surface area contributed by atoms with E-state index in [1.807, 2.05) is 12.4 Å². The molecule has 1 saturated heterocycles. The average Bonchev–Trinajstić information content (AvgIpc) is 3.03. The van der Waals surface area contributed by atoms with Crippen LogP contribution in [0, 0.1) is 34.6 Å². The molecule has 0 aliphatic carbocycles. The van der Waals surface area contributed by atoms with Crippen LogP contribution < -0.4 is 4.90 Å². The molecule has 3 aromatic carbocycles. The van der Waals surface area contributed by atoms with Crippen molar-refractivity contribution < 1.29 is 0 Å². The molecule has 3 heterocycles. The van der Waals surface area contributed by atoms with Crippen LogP contribution in [0.25, 0.3) is 22.5 Å². The molecule has 0 atom stereocenters. The first-order valence-electron chi connectivity index (χ1n) is 15.9. The molecule has 44 heavy (non-hydrogen) atoms. The van der Waals surface area contributed by atoms with E-state index in [9.17, 15) is 0 Å². The highest BCUT2D eigenvalue weighted by atomic mass is 15.2. The highest BCUT2D eigenvalue weighted by Gasteiger charge is 2.25. The number of anilines is 1. The Morgan fingerprint density at radius 3 is 1.98 bits per heavy atom. The van der Waals surface area contributed by atoms with Gasteiger partial charge in [-0.1, -0.05) is 41.5 Å². The standard InChI is InChI=1S/C40H44N4/c1-28-9-11-37(12-10-28)44(27-34-14-18-42-40(25-34)36-22-30(3)32(5)31(4)23-36)38-15-19-43(20-16-38)26-33-13-17-41-39(24-33)35-8-6-7-29(2)21-35/h6-14,17-18,21-25,38H,15-16,19-20,26-27H2,1-5H3. The van der Waals surface area contributed by atoms with Crippen molar-refractivity contribution in [1.29, 1.82) is 0 Å². The largest absolute Gasteiger partial charge is 0.364 e. The van der Waals surface area contributed by atoms with E-state index in [0.29, 0.717) is 6.04 Å². The Kier molecular flexibility index (Phi) is 8.90. The predicted molar refractivity (Wildman–Crippen MR) is 184 cm³/mol. The summed E-state index contributed by atoms with van der Waals surface area (Å²) in [5.74, 6) is 0. The minimum absolute atomic E-state index is 0.481. The molecule has 1 fully saturated rings. The van der Waals surface area contributed by atoms with Crippen LogP contribution >= 0.6 is 0 Å². The topological polar surface area (TPSA) is 32.3 Å². The van der Waals surface area contributed by atoms with E-state index in [1.165, 1.54) is 55.8 Å². The number of aryl methyl sites for hydroxylation is 4. The third-order valence-electron chi connectivity index (χ3n) is 9.31. The van der Waals surface area contributed by atoms with Gasteiger partial charge in [-0.05, 0) is 130 Å². The second-order valence-corrected chi connectivity index (χ2v) is 12.7. The van der Waals surface area contributed by atoms with Crippen molar-refractivity contribution in [2.24, 2.45) is 0 Å². The second-order valence-electron chi connectivity index (χ2n) is 12.7. The summed E-state index contributed by atoms with van der Waals surface area (Å²) in [6, 6.07) is 31.6. The fourth-order valence-electron chi connectivity index (χ4n) is 6.46. The molecule has 4 nitrogen and oxygen atoms in total. The first-order valence-corrected chi connectivity index (χ1v) is 15.9. The van der Waals surface area contributed by atoms with Gasteiger partial charge in [-0.2, -0.15) is 0 Å². The van der Waals surface area contributed by atoms with Crippen LogP contribution in [0.3, 0.4) is 0 Å². The van der Waals surface area contributed by atoms with Crippen molar-refractivity contribution in [3.63, 3.8) is 0 Å². The first-order chi connectivity index (χ1) is 21.3. The van der Waals surface area contributed by atoms with Crippen molar-refractivity contribution in [2.45, 2.75) is 66.6 Å². The zero-order chi connectivity index (χ0) is 30.6. The first kappa shape index (κ1) is 29.8. The fourth-order valence-corrected chi connectivity index (χ4v) is 6.46. The number of hydrogen-bond acceptors (Lipinski definition) is 4. The Balaban J connectivity index is 1.18. The fraction of sp³-hybridized carbons (Fsp3) is 0.300. The number of pyridine rings is 2. The third kappa shape index (κ3) is 6.92. The number of nitrogens with zero attached hydrogens (tertiary/aromatic N) is 4. The summed E-state index contributed by atoms with van der Waals surface area (Å²) in [5.41, 5.74) is 15.0. The molecule has 6 rings (SSSR count). The van der Waals surface area contributed by atoms with Crippen LogP contribution in [0.1, 0.15) is 51.8 Å². The maximum Gasteiger partial charge on any atom is 0.0705 e. The Morgan fingerprint density at radius 2 is 1.30 bits per heavy atom. The van der Waals surface area contributed by atoms with Gasteiger partial charge in [0.05, 0.1) is 11.4 Å². The molecule has 4 heteroatoms. The lowest BCUT2D eigenvalue weighted by Crippen LogP contribution is -2.44. The van der Waals surface area contributed by atoms with E-state index in [2.05, 4.69) is 134 Å². The lowest BCUT2D eigenvalue weighted by atomic mass is 9.97. The molecule has 0 saturated carbocycles. The molecule has 224 valence electrons. The van der Waals surface area contributed by atoms with Gasteiger partial charge < -0.3 is 4.90 Å². The van der Waals surface area contributed by atoms with Gasteiger partial charge in [-0.15, -0.1) is 0 Å². The van der Waals surface area contributed by atoms with E-state index in [0.717, 1.165) is 50.4 Å². The van der Waals surface area contributed by atoms with E-state index in [4.69, 9.17) is 4.98 Å². The zero-order valence-electron chi connectivity index (χ0n) is 26.8. The minimum Gasteiger partial charge on any atom is -0.364 e. The molecule has 0 spiro atoms. The predicted octanol–water partition coefficient (Wildman–Crippen LogP) is 9.02. The average molecular weight is 581 g/mol. The van der Waals surface area contributed by atoms with Gasteiger partial charge in [-0.25, -0.2) is 0 Å². The van der Waals surface area contributed by atoms with Gasteiger partial charge >= 0.3 is 0 Å². The van der Waals surface area contributed by atoms with Crippen LogP contribution in [0.15, 0.2) is 97.3 Å². The van der Waals surface area contributed by atoms with Gasteiger partial charge in [0.15, 0.2) is 0 Å². The quantitative estimate of drug-likeness (QED) is 0.183. The number of piperidine rings is 1. The van der Waals surface area contributed by atoms with Gasteiger partial charge in [0.2, 0.25) is 0 Å². The number of rotatable bonds is 8. The smallest absolute Gasteiger partial charge is 0.0705 e. The van der Waals surface area contributed by atoms with Gasteiger partial charge in [0.25, 0.3) is 0 Å². The molecular formula is C40H44N4. The molecule has 0 bridgehead atoms. The van der Waals surface area contributed by atoms with E-state index in [-0.39, 0.29) is 0 Å². The minimum atomic E-state index is 0.481. The number of benzene rings is 3. The maximum absolute atomic E-state index is 4.78. The van der Waals surface area contributed by atoms with Crippen LogP contribution in [0.2, 0.25) is 0 Å². The van der Waals surface area contributed by atoms with Crippen molar-refractivity contribution in [3.8, 4) is 22.5 Å². The lowest BCUT2D eigenvalue weighted by molar-refractivity contribution is 0.201. The van der Waals surface area contributed by atoms with E-state index in [1.54, 1.807) is 0 Å². The van der Waals surface area contributed by atoms with Crippen molar-refractivity contribution in [1.82, 2.24) is 14.9 Å². The molecular weight excluding hydrogens is 536 g/mol. The van der Waals surface area contributed by atoms with Gasteiger partial charge in [0.1, 0.15) is 0 Å². The molecule has 0 unspecified atom stereocenters. The third-order valence-corrected chi connectivity index (χ3v) is 9.31. The van der Waals surface area contributed by atoms with Crippen LogP contribution in [0.4, 0.5) is 5.69 Å². The monoisotopic (exact) mass is 580 g/mol. The number of aromatic nitrogens is 2. The number of likely N-dealkylation sites (tertiary alicyclic amines) is 1. The number of hydrogen-bond donors (Lipinski definition) is 0. The van der Waals surface area contributed by atoms with Crippen molar-refractivity contribution in [3.05, 3.63) is 136 Å². The summed E-state index contributed by atoms with van der Waals surface area (Å²) in [6.45, 7) is 14.9. The maximum atomic E-state index is 4.78. The summed E-state index contributed by atoms with van der Waals surface area (Å²) in [5, 5.41) is 0. The van der Waals surface area contributed by atoms with Crippen molar-refractivity contribution >= 4 is 5.69 Å². The highest BCUT2D eigenvalue weighted by molar-refractivity contribution is 5.64. The van der Waals surface area contributed by atoms with E-state index >= 15 is 0 Å². The summed E-state index contributed by atoms with van der Waals surface area (Å²) < 4.78 is 0. The Hall–Kier alpha value is -4.28. The van der Waals surface area contributed by atoms with E-state index < -0.39 is 0 Å². The second kappa shape index (κ2) is 13.2. The molecule has 0 radical (unpaired) electrons. The van der Waals surface area contributed by atoms with Crippen LogP contribution in [-0.2, 0) is 13.1 Å². The Labute approximate surface area is 263 Å². The van der Waals surface area contributed by atoms with Crippen LogP contribution in [-0.4, -0.2) is 34.0 Å². The molecule has 5 aromatic rings. The Morgan fingerprint density at radius 1 is 0.659 bits per heavy atom. The SMILES string of the molecule is Cc1ccc(N(Cc2ccnc(-c3cc(C)c(C)c(C)c3)c2)C2CCN(Cc3ccnc(-c4cccc(C)c4)c3)CC2)cc1. The molecule has 1 aliphatic rings. The molecule has 1 aliphatic heterocycles. The molecule has 0 amide bonds. The van der Waals surface area contributed by atoms with Gasteiger partial charge in [0, 0.05) is 61.4 Å². The molecule has 2 aromatic heterocycles. The molecule has 0 N–H and O–H groups in total. The highest BCUT2D eigenvalue weighted by Crippen LogP contribution is 2.29. The summed E-state index contributed by atoms with van der Waals surface area (Å²) in [4.78, 5) is 14.7. The Bertz CT molecular complexity index is 1710. The lowest BCUT2D eigenvalue weighted by Gasteiger charge is -2.40. The van der Waals surface area contributed by atoms with Gasteiger partial charge in [-0.3, -0.25) is 14.9 Å². The normalized spacial score (nSPS) is 14.1. The summed E-state index contributed by atoms with van der Waals surface area (Å²) in [6.07, 6.45) is 6.21. The summed E-state index contributed by atoms with van der Waals surface area (Å²) in [7, 11) is 0.